The Hall–Kier alpha value is -2.20. The van der Waals surface area contributed by atoms with E-state index in [0.717, 1.165) is 17.1 Å². The third-order valence-corrected chi connectivity index (χ3v) is 2.98. The zero-order chi connectivity index (χ0) is 13.2. The van der Waals surface area contributed by atoms with E-state index >= 15 is 0 Å². The maximum absolute atomic E-state index is 5.93. The lowest BCUT2D eigenvalue weighted by atomic mass is 10.1. The molecule has 1 aliphatic heterocycles. The summed E-state index contributed by atoms with van der Waals surface area (Å²) >= 11 is 0. The first kappa shape index (κ1) is 11.9. The smallest absolute Gasteiger partial charge is 0.231 e. The van der Waals surface area contributed by atoms with Crippen LogP contribution in [0.5, 0.6) is 23.0 Å². The molecule has 2 aromatic carbocycles. The number of ether oxygens (including phenoxy) is 3. The number of rotatable bonds is 3. The number of hydrogen-bond acceptors (Lipinski definition) is 4. The van der Waals surface area contributed by atoms with Crippen LogP contribution in [-0.4, -0.2) is 6.79 Å². The normalized spacial score (nSPS) is 14.2. The average Bonchev–Trinajstić information content (AvgIpc) is 2.86. The number of hydrogen-bond donors (Lipinski definition) is 1. The van der Waals surface area contributed by atoms with Gasteiger partial charge in [-0.3, -0.25) is 0 Å². The monoisotopic (exact) mass is 257 g/mol. The number of fused-ring (bicyclic) bond motifs is 1. The summed E-state index contributed by atoms with van der Waals surface area (Å²) in [6.45, 7) is 2.19. The molecule has 0 amide bonds. The van der Waals surface area contributed by atoms with Crippen molar-refractivity contribution in [2.75, 3.05) is 6.79 Å². The third kappa shape index (κ3) is 2.35. The molecule has 0 spiro atoms. The van der Waals surface area contributed by atoms with E-state index in [1.807, 2.05) is 49.4 Å². The predicted octanol–water partition coefficient (Wildman–Crippen LogP) is 3.23. The molecule has 0 bridgehead atoms. The fourth-order valence-corrected chi connectivity index (χ4v) is 2.02. The van der Waals surface area contributed by atoms with Gasteiger partial charge in [0.15, 0.2) is 11.5 Å². The Balaban J connectivity index is 1.89. The molecule has 0 radical (unpaired) electrons. The summed E-state index contributed by atoms with van der Waals surface area (Å²) in [6.07, 6.45) is 0. The summed E-state index contributed by atoms with van der Waals surface area (Å²) in [6, 6.07) is 13.2. The van der Waals surface area contributed by atoms with Crippen molar-refractivity contribution in [3.8, 4) is 23.0 Å². The van der Waals surface area contributed by atoms with Crippen molar-refractivity contribution in [3.63, 3.8) is 0 Å². The van der Waals surface area contributed by atoms with Gasteiger partial charge in [-0.25, -0.2) is 0 Å². The van der Waals surface area contributed by atoms with Crippen LogP contribution in [0.1, 0.15) is 18.5 Å². The molecule has 1 aliphatic rings. The summed E-state index contributed by atoms with van der Waals surface area (Å²) < 4.78 is 16.5. The van der Waals surface area contributed by atoms with Gasteiger partial charge in [-0.2, -0.15) is 0 Å². The molecule has 0 aromatic heterocycles. The summed E-state index contributed by atoms with van der Waals surface area (Å²) in [5.41, 5.74) is 6.91. The van der Waals surface area contributed by atoms with Gasteiger partial charge in [0.2, 0.25) is 6.79 Å². The minimum Gasteiger partial charge on any atom is -0.457 e. The molecule has 19 heavy (non-hydrogen) atoms. The minimum absolute atomic E-state index is 0.0785. The Labute approximate surface area is 111 Å². The number of nitrogens with two attached hydrogens (primary N) is 1. The van der Waals surface area contributed by atoms with Crippen LogP contribution in [0.4, 0.5) is 0 Å². The first-order valence-electron chi connectivity index (χ1n) is 6.16. The molecule has 4 nitrogen and oxygen atoms in total. The molecule has 1 atom stereocenters. The Morgan fingerprint density at radius 2 is 1.89 bits per heavy atom. The van der Waals surface area contributed by atoms with Crippen LogP contribution < -0.4 is 19.9 Å². The van der Waals surface area contributed by atoms with E-state index in [2.05, 4.69) is 0 Å². The van der Waals surface area contributed by atoms with E-state index in [-0.39, 0.29) is 12.8 Å². The number of para-hydroxylation sites is 1. The van der Waals surface area contributed by atoms with Crippen molar-refractivity contribution in [3.05, 3.63) is 48.0 Å². The number of benzene rings is 2. The minimum atomic E-state index is -0.0785. The van der Waals surface area contributed by atoms with Gasteiger partial charge in [-0.15, -0.1) is 0 Å². The van der Waals surface area contributed by atoms with Crippen LogP contribution in [-0.2, 0) is 0 Å². The lowest BCUT2D eigenvalue weighted by Gasteiger charge is -2.13. The van der Waals surface area contributed by atoms with Crippen LogP contribution >= 0.6 is 0 Å². The highest BCUT2D eigenvalue weighted by Gasteiger charge is 2.15. The SMILES string of the molecule is C[C@@H](N)c1ccccc1Oc1ccc2c(c1)OCO2. The van der Waals surface area contributed by atoms with Crippen molar-refractivity contribution < 1.29 is 14.2 Å². The van der Waals surface area contributed by atoms with Crippen molar-refractivity contribution in [2.24, 2.45) is 5.73 Å². The highest BCUT2D eigenvalue weighted by molar-refractivity contribution is 5.48. The molecule has 2 N–H and O–H groups in total. The van der Waals surface area contributed by atoms with Crippen molar-refractivity contribution in [1.29, 1.82) is 0 Å². The quantitative estimate of drug-likeness (QED) is 0.917. The van der Waals surface area contributed by atoms with E-state index < -0.39 is 0 Å². The summed E-state index contributed by atoms with van der Waals surface area (Å²) in [4.78, 5) is 0. The molecule has 0 fully saturated rings. The van der Waals surface area contributed by atoms with Crippen LogP contribution in [0.15, 0.2) is 42.5 Å². The van der Waals surface area contributed by atoms with Gasteiger partial charge in [0.05, 0.1) is 0 Å². The zero-order valence-corrected chi connectivity index (χ0v) is 10.6. The molecule has 3 rings (SSSR count). The molecule has 0 aliphatic carbocycles. The molecule has 98 valence electrons. The summed E-state index contributed by atoms with van der Waals surface area (Å²) in [5.74, 6) is 2.91. The Morgan fingerprint density at radius 3 is 2.74 bits per heavy atom. The van der Waals surface area contributed by atoms with Gasteiger partial charge in [-0.05, 0) is 25.1 Å². The van der Waals surface area contributed by atoms with Crippen LogP contribution in [0.2, 0.25) is 0 Å². The van der Waals surface area contributed by atoms with Gasteiger partial charge < -0.3 is 19.9 Å². The Morgan fingerprint density at radius 1 is 1.11 bits per heavy atom. The van der Waals surface area contributed by atoms with Gasteiger partial charge in [0.1, 0.15) is 11.5 Å². The largest absolute Gasteiger partial charge is 0.457 e. The van der Waals surface area contributed by atoms with Gasteiger partial charge >= 0.3 is 0 Å². The van der Waals surface area contributed by atoms with E-state index in [1.54, 1.807) is 0 Å². The Bertz CT molecular complexity index is 596. The van der Waals surface area contributed by atoms with Crippen LogP contribution in [0.3, 0.4) is 0 Å². The molecule has 0 unspecified atom stereocenters. The summed E-state index contributed by atoms with van der Waals surface area (Å²) in [7, 11) is 0. The second-order valence-corrected chi connectivity index (χ2v) is 4.44. The first-order valence-corrected chi connectivity index (χ1v) is 6.16. The molecular weight excluding hydrogens is 242 g/mol. The van der Waals surface area contributed by atoms with E-state index in [9.17, 15) is 0 Å². The molecule has 2 aromatic rings. The second-order valence-electron chi connectivity index (χ2n) is 4.44. The molecular formula is C15H15NO3. The fraction of sp³-hybridized carbons (Fsp3) is 0.200. The lowest BCUT2D eigenvalue weighted by Crippen LogP contribution is -2.06. The van der Waals surface area contributed by atoms with Crippen molar-refractivity contribution in [1.82, 2.24) is 0 Å². The zero-order valence-electron chi connectivity index (χ0n) is 10.6. The van der Waals surface area contributed by atoms with E-state index in [4.69, 9.17) is 19.9 Å². The standard InChI is InChI=1S/C15H15NO3/c1-10(16)12-4-2-3-5-13(12)19-11-6-7-14-15(8-11)18-9-17-14/h2-8,10H,9,16H2,1H3/t10-/m1/s1. The van der Waals surface area contributed by atoms with E-state index in [0.29, 0.717) is 11.5 Å². The van der Waals surface area contributed by atoms with Crippen LogP contribution in [0, 0.1) is 0 Å². The molecule has 0 saturated heterocycles. The molecule has 0 saturated carbocycles. The van der Waals surface area contributed by atoms with Crippen LogP contribution in [0.25, 0.3) is 0 Å². The maximum atomic E-state index is 5.93. The third-order valence-electron chi connectivity index (χ3n) is 2.98. The van der Waals surface area contributed by atoms with Gasteiger partial charge in [0.25, 0.3) is 0 Å². The van der Waals surface area contributed by atoms with Gasteiger partial charge in [-0.1, -0.05) is 18.2 Å². The highest BCUT2D eigenvalue weighted by atomic mass is 16.7. The topological polar surface area (TPSA) is 53.7 Å². The van der Waals surface area contributed by atoms with Crippen molar-refractivity contribution in [2.45, 2.75) is 13.0 Å². The lowest BCUT2D eigenvalue weighted by molar-refractivity contribution is 0.174. The first-order chi connectivity index (χ1) is 9.24. The highest BCUT2D eigenvalue weighted by Crippen LogP contribution is 2.37. The maximum Gasteiger partial charge on any atom is 0.231 e. The Kier molecular flexibility index (Phi) is 3.01. The average molecular weight is 257 g/mol. The van der Waals surface area contributed by atoms with E-state index in [1.165, 1.54) is 0 Å². The molecule has 1 heterocycles. The summed E-state index contributed by atoms with van der Waals surface area (Å²) in [5, 5.41) is 0. The second kappa shape index (κ2) is 4.82. The molecule has 4 heteroatoms. The van der Waals surface area contributed by atoms with Crippen molar-refractivity contribution >= 4 is 0 Å². The predicted molar refractivity (Wildman–Crippen MR) is 71.7 cm³/mol. The van der Waals surface area contributed by atoms with Gasteiger partial charge in [0, 0.05) is 17.7 Å². The fourth-order valence-electron chi connectivity index (χ4n) is 2.02.